The lowest BCUT2D eigenvalue weighted by Crippen LogP contribution is -2.66. The number of carbonyl (C=O) groups is 2. The first-order chi connectivity index (χ1) is 16.5. The van der Waals surface area contributed by atoms with Gasteiger partial charge in [-0.05, 0) is 43.7 Å². The van der Waals surface area contributed by atoms with Crippen molar-refractivity contribution in [3.05, 3.63) is 47.0 Å². The maximum absolute atomic E-state index is 13.8. The Balaban J connectivity index is 1.44. The summed E-state index contributed by atoms with van der Waals surface area (Å²) in [4.78, 5) is 26.6. The Bertz CT molecular complexity index is 1040. The van der Waals surface area contributed by atoms with Crippen molar-refractivity contribution in [3.8, 4) is 0 Å². The minimum absolute atomic E-state index is 0.0147. The van der Waals surface area contributed by atoms with Gasteiger partial charge in [-0.3, -0.25) is 9.59 Å². The van der Waals surface area contributed by atoms with Crippen LogP contribution in [-0.4, -0.2) is 52.5 Å². The molecule has 0 amide bonds. The summed E-state index contributed by atoms with van der Waals surface area (Å²) in [5.74, 6) is -0.321. The topological polar surface area (TPSA) is 93.1 Å². The van der Waals surface area contributed by atoms with Crippen LogP contribution in [-0.2, 0) is 25.5 Å². The number of rotatable bonds is 4. The fraction of sp³-hybridized carbons (Fsp3) is 0.655. The van der Waals surface area contributed by atoms with Gasteiger partial charge in [-0.2, -0.15) is 0 Å². The Morgan fingerprint density at radius 3 is 2.54 bits per heavy atom. The molecule has 1 heterocycles. The normalized spacial score (nSPS) is 40.1. The van der Waals surface area contributed by atoms with Crippen molar-refractivity contribution in [3.63, 3.8) is 0 Å². The van der Waals surface area contributed by atoms with Crippen LogP contribution in [0.15, 0.2) is 41.5 Å². The number of aliphatic hydroxyl groups excluding tert-OH is 1. The monoisotopic (exact) mass is 482 g/mol. The van der Waals surface area contributed by atoms with E-state index in [0.717, 1.165) is 16.7 Å². The number of hydrogen-bond acceptors (Lipinski definition) is 6. The summed E-state index contributed by atoms with van der Waals surface area (Å²) >= 11 is 0. The molecule has 2 saturated carbocycles. The second-order valence-corrected chi connectivity index (χ2v) is 12.0. The van der Waals surface area contributed by atoms with E-state index in [4.69, 9.17) is 9.47 Å². The second kappa shape index (κ2) is 8.53. The van der Waals surface area contributed by atoms with Gasteiger partial charge in [0.25, 0.3) is 0 Å². The van der Waals surface area contributed by atoms with Crippen LogP contribution in [0.1, 0.15) is 65.4 Å². The lowest BCUT2D eigenvalue weighted by molar-refractivity contribution is -0.239. The lowest BCUT2D eigenvalue weighted by atomic mass is 9.47. The molecule has 7 atom stereocenters. The Hall–Kier alpha value is -2.02. The summed E-state index contributed by atoms with van der Waals surface area (Å²) in [6, 6.07) is 9.83. The van der Waals surface area contributed by atoms with Crippen LogP contribution in [0.25, 0.3) is 0 Å². The molecule has 0 aromatic heterocycles. The van der Waals surface area contributed by atoms with E-state index in [2.05, 4.69) is 0 Å². The van der Waals surface area contributed by atoms with Gasteiger partial charge >= 0.3 is 5.97 Å². The van der Waals surface area contributed by atoms with Crippen LogP contribution in [0.4, 0.5) is 0 Å². The molecular weight excluding hydrogens is 444 g/mol. The fourth-order valence-electron chi connectivity index (χ4n) is 7.21. The highest BCUT2D eigenvalue weighted by Crippen LogP contribution is 2.61. The molecule has 0 spiro atoms. The van der Waals surface area contributed by atoms with Crippen molar-refractivity contribution >= 4 is 11.8 Å². The Morgan fingerprint density at radius 1 is 1.17 bits per heavy atom. The van der Waals surface area contributed by atoms with Gasteiger partial charge in [-0.25, -0.2) is 0 Å². The summed E-state index contributed by atoms with van der Waals surface area (Å²) in [5.41, 5.74) is 0.0417. The number of carbonyl (C=O) groups excluding carboxylic acids is 2. The number of ether oxygens (including phenoxy) is 2. The number of ketones is 1. The molecule has 5 rings (SSSR count). The van der Waals surface area contributed by atoms with Crippen molar-refractivity contribution in [1.29, 1.82) is 0 Å². The number of esters is 1. The van der Waals surface area contributed by atoms with Gasteiger partial charge in [-0.1, -0.05) is 49.8 Å². The van der Waals surface area contributed by atoms with Crippen LogP contribution in [0.2, 0.25) is 0 Å². The molecule has 3 aliphatic carbocycles. The molecule has 6 heteroatoms. The molecule has 2 bridgehead atoms. The van der Waals surface area contributed by atoms with Crippen LogP contribution in [0.3, 0.4) is 0 Å². The van der Waals surface area contributed by atoms with Gasteiger partial charge in [0.1, 0.15) is 11.9 Å². The molecule has 1 saturated heterocycles. The first kappa shape index (κ1) is 24.7. The molecule has 4 aliphatic rings. The zero-order valence-corrected chi connectivity index (χ0v) is 21.3. The molecule has 6 nitrogen and oxygen atoms in total. The molecule has 1 aromatic rings. The molecule has 1 aromatic carbocycles. The van der Waals surface area contributed by atoms with E-state index in [1.807, 2.05) is 58.0 Å². The van der Waals surface area contributed by atoms with E-state index in [1.165, 1.54) is 0 Å². The summed E-state index contributed by atoms with van der Waals surface area (Å²) in [6.45, 7) is 8.37. The summed E-state index contributed by atoms with van der Waals surface area (Å²) < 4.78 is 11.7. The first-order valence-corrected chi connectivity index (χ1v) is 13.0. The molecule has 35 heavy (non-hydrogen) atoms. The number of Topliss-reactive ketones (excluding diaryl/α,β-unsaturated/α-hetero) is 1. The van der Waals surface area contributed by atoms with E-state index < -0.39 is 28.6 Å². The number of aliphatic hydroxyl groups is 2. The fourth-order valence-corrected chi connectivity index (χ4v) is 7.21. The van der Waals surface area contributed by atoms with Crippen LogP contribution in [0.5, 0.6) is 0 Å². The van der Waals surface area contributed by atoms with Gasteiger partial charge in [0, 0.05) is 37.0 Å². The number of hydrogen-bond donors (Lipinski definition) is 2. The highest BCUT2D eigenvalue weighted by Gasteiger charge is 2.65. The molecule has 2 N–H and O–H groups in total. The van der Waals surface area contributed by atoms with Gasteiger partial charge in [0.05, 0.1) is 29.8 Å². The lowest BCUT2D eigenvalue weighted by Gasteiger charge is -2.61. The third-order valence-electron chi connectivity index (χ3n) is 10.0. The van der Waals surface area contributed by atoms with Gasteiger partial charge in [0.2, 0.25) is 0 Å². The second-order valence-electron chi connectivity index (χ2n) is 12.0. The zero-order chi connectivity index (χ0) is 25.2. The zero-order valence-electron chi connectivity index (χ0n) is 21.3. The van der Waals surface area contributed by atoms with Crippen molar-refractivity contribution in [2.45, 2.75) is 90.1 Å². The van der Waals surface area contributed by atoms with Crippen molar-refractivity contribution in [2.75, 3.05) is 6.61 Å². The van der Waals surface area contributed by atoms with Gasteiger partial charge in [-0.15, -0.1) is 0 Å². The predicted octanol–water partition coefficient (Wildman–Crippen LogP) is 3.77. The third-order valence-corrected chi connectivity index (χ3v) is 10.0. The maximum atomic E-state index is 13.8. The van der Waals surface area contributed by atoms with E-state index in [9.17, 15) is 19.8 Å². The average Bonchev–Trinajstić information content (AvgIpc) is 2.80. The minimum atomic E-state index is -1.17. The Morgan fingerprint density at radius 2 is 1.89 bits per heavy atom. The summed E-state index contributed by atoms with van der Waals surface area (Å²) in [7, 11) is 0. The molecule has 1 aliphatic heterocycles. The molecular formula is C29H38O6. The average molecular weight is 483 g/mol. The van der Waals surface area contributed by atoms with Gasteiger partial charge in [0.15, 0.2) is 0 Å². The van der Waals surface area contributed by atoms with E-state index >= 15 is 0 Å². The highest BCUT2D eigenvalue weighted by atomic mass is 16.5. The predicted molar refractivity (Wildman–Crippen MR) is 130 cm³/mol. The molecule has 190 valence electrons. The first-order valence-electron chi connectivity index (χ1n) is 13.0. The minimum Gasteiger partial charge on any atom is -0.458 e. The van der Waals surface area contributed by atoms with E-state index in [-0.39, 0.29) is 42.5 Å². The smallest absolute Gasteiger partial charge is 0.306 e. The summed E-state index contributed by atoms with van der Waals surface area (Å²) in [5, 5.41) is 23.3. The molecule has 0 radical (unpaired) electrons. The van der Waals surface area contributed by atoms with Crippen LogP contribution < -0.4 is 0 Å². The van der Waals surface area contributed by atoms with Crippen LogP contribution >= 0.6 is 0 Å². The number of aryl methyl sites for hydroxylation is 1. The number of fused-ring (bicyclic) bond motifs is 5. The molecule has 3 fully saturated rings. The quantitative estimate of drug-likeness (QED) is 0.501. The summed E-state index contributed by atoms with van der Waals surface area (Å²) in [6.07, 6.45) is 0.723. The Kier molecular flexibility index (Phi) is 6.01. The Labute approximate surface area is 207 Å². The highest BCUT2D eigenvalue weighted by molar-refractivity contribution is 5.88. The van der Waals surface area contributed by atoms with Crippen molar-refractivity contribution in [2.24, 2.45) is 22.7 Å². The third kappa shape index (κ3) is 3.80. The van der Waals surface area contributed by atoms with E-state index in [0.29, 0.717) is 32.3 Å². The largest absolute Gasteiger partial charge is 0.458 e. The standard InChI is InChI=1S/C29H38O6/c1-17-20-12-24(30)28(4)21(19-16-34-22(19)13-25(28)31)14-29(33,27(20,2)3)15-23(17)35-26(32)11-10-18-8-6-5-7-9-18/h5-9,19,21-23,25,31,33H,10-16H2,1-4H3/t19?,21?,22?,23-,25?,28?,29?/m0/s1. The van der Waals surface area contributed by atoms with Gasteiger partial charge < -0.3 is 19.7 Å². The number of benzene rings is 1. The van der Waals surface area contributed by atoms with Crippen molar-refractivity contribution < 1.29 is 29.3 Å². The van der Waals surface area contributed by atoms with Crippen molar-refractivity contribution in [1.82, 2.24) is 0 Å². The maximum Gasteiger partial charge on any atom is 0.306 e. The van der Waals surface area contributed by atoms with E-state index in [1.54, 1.807) is 0 Å². The van der Waals surface area contributed by atoms with Crippen LogP contribution in [0, 0.1) is 22.7 Å². The SMILES string of the molecule is CC1=C2CC(=O)C3(C)C(O)CC4OCC4C3CC(O)(C[C@@H]1OC(=O)CCc1ccccc1)C2(C)C. The molecule has 6 unspecified atom stereocenters.